The van der Waals surface area contributed by atoms with E-state index in [0.29, 0.717) is 12.1 Å². The van der Waals surface area contributed by atoms with Crippen molar-refractivity contribution in [1.29, 1.82) is 0 Å². The minimum atomic E-state index is -0.0425. The van der Waals surface area contributed by atoms with Gasteiger partial charge in [-0.05, 0) is 32.4 Å². The van der Waals surface area contributed by atoms with Crippen LogP contribution in [0, 0.1) is 0 Å². The zero-order chi connectivity index (χ0) is 15.3. The molecule has 0 radical (unpaired) electrons. The Hall–Kier alpha value is -0.900. The van der Waals surface area contributed by atoms with Crippen LogP contribution in [0.1, 0.15) is 45.7 Å². The number of nitrogens with one attached hydrogen (secondary N) is 1. The molecule has 1 aromatic rings. The number of nitrogens with zero attached hydrogens (tertiary/aromatic N) is 1. The second kappa shape index (κ2) is 7.39. The molecule has 1 aliphatic heterocycles. The zero-order valence-electron chi connectivity index (χ0n) is 13.9. The Balaban J connectivity index is 2.19. The number of rotatable bonds is 6. The van der Waals surface area contributed by atoms with E-state index < -0.39 is 0 Å². The summed E-state index contributed by atoms with van der Waals surface area (Å²) in [5, 5.41) is 3.69. The minimum absolute atomic E-state index is 0.0425. The number of hydrogen-bond donors (Lipinski definition) is 1. The van der Waals surface area contributed by atoms with Gasteiger partial charge in [0.25, 0.3) is 0 Å². The molecule has 2 rings (SSSR count). The van der Waals surface area contributed by atoms with Crippen LogP contribution < -0.4 is 5.32 Å². The standard InChI is InChI=1S/C18H30N2O/c1-5-16(20-12-13-21-18(3,4)14-20)17(19-6-2)15-10-8-7-9-11-15/h7-11,16-17,19H,5-6,12-14H2,1-4H3. The maximum Gasteiger partial charge on any atom is 0.0753 e. The third-order valence-electron chi connectivity index (χ3n) is 4.31. The molecule has 2 atom stereocenters. The van der Waals surface area contributed by atoms with Crippen molar-refractivity contribution in [2.75, 3.05) is 26.2 Å². The van der Waals surface area contributed by atoms with Gasteiger partial charge in [-0.1, -0.05) is 44.2 Å². The number of ether oxygens (including phenoxy) is 1. The average molecular weight is 290 g/mol. The second-order valence-corrected chi connectivity index (χ2v) is 6.50. The highest BCUT2D eigenvalue weighted by Gasteiger charge is 2.34. The van der Waals surface area contributed by atoms with Gasteiger partial charge < -0.3 is 10.1 Å². The van der Waals surface area contributed by atoms with Crippen molar-refractivity contribution in [1.82, 2.24) is 10.2 Å². The Morgan fingerprint density at radius 2 is 1.95 bits per heavy atom. The van der Waals surface area contributed by atoms with Crippen LogP contribution in [0.2, 0.25) is 0 Å². The molecule has 0 saturated carbocycles. The molecule has 0 aliphatic carbocycles. The molecule has 21 heavy (non-hydrogen) atoms. The molecule has 2 unspecified atom stereocenters. The number of likely N-dealkylation sites (N-methyl/N-ethyl adjacent to an activating group) is 1. The van der Waals surface area contributed by atoms with Crippen LogP contribution in [0.3, 0.4) is 0 Å². The zero-order valence-corrected chi connectivity index (χ0v) is 13.9. The summed E-state index contributed by atoms with van der Waals surface area (Å²) in [6.45, 7) is 12.7. The monoisotopic (exact) mass is 290 g/mol. The van der Waals surface area contributed by atoms with Gasteiger partial charge in [-0.25, -0.2) is 0 Å². The van der Waals surface area contributed by atoms with Crippen molar-refractivity contribution in [3.63, 3.8) is 0 Å². The molecule has 0 aromatic heterocycles. The molecule has 3 nitrogen and oxygen atoms in total. The molecule has 1 aliphatic rings. The first kappa shape index (κ1) is 16.5. The van der Waals surface area contributed by atoms with Crippen molar-refractivity contribution < 1.29 is 4.74 Å². The lowest BCUT2D eigenvalue weighted by molar-refractivity contribution is -0.101. The summed E-state index contributed by atoms with van der Waals surface area (Å²) in [4.78, 5) is 2.60. The van der Waals surface area contributed by atoms with Crippen molar-refractivity contribution in [2.45, 2.75) is 51.8 Å². The van der Waals surface area contributed by atoms with Gasteiger partial charge >= 0.3 is 0 Å². The van der Waals surface area contributed by atoms with E-state index in [2.05, 4.69) is 68.2 Å². The lowest BCUT2D eigenvalue weighted by Gasteiger charge is -2.44. The normalized spacial score (nSPS) is 21.9. The Morgan fingerprint density at radius 3 is 2.52 bits per heavy atom. The molecule has 0 bridgehead atoms. The second-order valence-electron chi connectivity index (χ2n) is 6.50. The molecule has 1 aromatic carbocycles. The van der Waals surface area contributed by atoms with Crippen LogP contribution in [-0.2, 0) is 4.74 Å². The third kappa shape index (κ3) is 4.29. The Labute approximate surface area is 129 Å². The summed E-state index contributed by atoms with van der Waals surface area (Å²) < 4.78 is 5.87. The maximum absolute atomic E-state index is 5.87. The lowest BCUT2D eigenvalue weighted by Crippen LogP contribution is -2.55. The fourth-order valence-corrected chi connectivity index (χ4v) is 3.40. The van der Waals surface area contributed by atoms with Crippen LogP contribution in [0.15, 0.2) is 30.3 Å². The van der Waals surface area contributed by atoms with E-state index in [1.807, 2.05) is 0 Å². The van der Waals surface area contributed by atoms with Gasteiger partial charge in [0, 0.05) is 25.2 Å². The summed E-state index contributed by atoms with van der Waals surface area (Å²) >= 11 is 0. The predicted molar refractivity (Wildman–Crippen MR) is 88.5 cm³/mol. The molecule has 1 N–H and O–H groups in total. The third-order valence-corrected chi connectivity index (χ3v) is 4.31. The fourth-order valence-electron chi connectivity index (χ4n) is 3.40. The molecule has 1 fully saturated rings. The van der Waals surface area contributed by atoms with Gasteiger partial charge in [0.2, 0.25) is 0 Å². The molecule has 1 saturated heterocycles. The summed E-state index contributed by atoms with van der Waals surface area (Å²) in [5.74, 6) is 0. The topological polar surface area (TPSA) is 24.5 Å². The summed E-state index contributed by atoms with van der Waals surface area (Å²) in [6, 6.07) is 11.7. The fraction of sp³-hybridized carbons (Fsp3) is 0.667. The molecular formula is C18H30N2O. The van der Waals surface area contributed by atoms with Gasteiger partial charge in [-0.3, -0.25) is 4.90 Å². The van der Waals surface area contributed by atoms with E-state index in [1.54, 1.807) is 0 Å². The van der Waals surface area contributed by atoms with Crippen molar-refractivity contribution >= 4 is 0 Å². The molecule has 0 amide bonds. The first-order chi connectivity index (χ1) is 10.1. The summed E-state index contributed by atoms with van der Waals surface area (Å²) in [6.07, 6.45) is 1.14. The van der Waals surface area contributed by atoms with Crippen molar-refractivity contribution in [3.05, 3.63) is 35.9 Å². The van der Waals surface area contributed by atoms with Crippen LogP contribution in [0.5, 0.6) is 0 Å². The largest absolute Gasteiger partial charge is 0.373 e. The van der Waals surface area contributed by atoms with Crippen LogP contribution in [0.4, 0.5) is 0 Å². The van der Waals surface area contributed by atoms with E-state index >= 15 is 0 Å². The smallest absolute Gasteiger partial charge is 0.0753 e. The van der Waals surface area contributed by atoms with E-state index in [-0.39, 0.29) is 5.60 Å². The minimum Gasteiger partial charge on any atom is -0.373 e. The summed E-state index contributed by atoms with van der Waals surface area (Å²) in [7, 11) is 0. The quantitative estimate of drug-likeness (QED) is 0.870. The van der Waals surface area contributed by atoms with Crippen LogP contribution >= 0.6 is 0 Å². The predicted octanol–water partition coefficient (Wildman–Crippen LogP) is 3.23. The highest BCUT2D eigenvalue weighted by Crippen LogP contribution is 2.27. The Bertz CT molecular complexity index is 418. The van der Waals surface area contributed by atoms with Gasteiger partial charge in [-0.15, -0.1) is 0 Å². The number of benzene rings is 1. The molecular weight excluding hydrogens is 260 g/mol. The molecule has 1 heterocycles. The number of hydrogen-bond acceptors (Lipinski definition) is 3. The van der Waals surface area contributed by atoms with E-state index in [4.69, 9.17) is 4.74 Å². The van der Waals surface area contributed by atoms with Gasteiger partial charge in [0.1, 0.15) is 0 Å². The van der Waals surface area contributed by atoms with Gasteiger partial charge in [0.05, 0.1) is 12.2 Å². The van der Waals surface area contributed by atoms with Crippen molar-refractivity contribution in [3.8, 4) is 0 Å². The SMILES string of the molecule is CCNC(c1ccccc1)C(CC)N1CCOC(C)(C)C1. The molecule has 118 valence electrons. The van der Waals surface area contributed by atoms with E-state index in [0.717, 1.165) is 32.7 Å². The summed E-state index contributed by atoms with van der Waals surface area (Å²) in [5.41, 5.74) is 1.34. The first-order valence-corrected chi connectivity index (χ1v) is 8.23. The van der Waals surface area contributed by atoms with Gasteiger partial charge in [-0.2, -0.15) is 0 Å². The lowest BCUT2D eigenvalue weighted by atomic mass is 9.94. The van der Waals surface area contributed by atoms with E-state index in [1.165, 1.54) is 5.56 Å². The number of morpholine rings is 1. The highest BCUT2D eigenvalue weighted by molar-refractivity contribution is 5.21. The first-order valence-electron chi connectivity index (χ1n) is 8.23. The molecule has 0 spiro atoms. The van der Waals surface area contributed by atoms with Crippen LogP contribution in [0.25, 0.3) is 0 Å². The van der Waals surface area contributed by atoms with Gasteiger partial charge in [0.15, 0.2) is 0 Å². The van der Waals surface area contributed by atoms with E-state index in [9.17, 15) is 0 Å². The average Bonchev–Trinajstić information content (AvgIpc) is 2.47. The highest BCUT2D eigenvalue weighted by atomic mass is 16.5. The van der Waals surface area contributed by atoms with Crippen molar-refractivity contribution in [2.24, 2.45) is 0 Å². The van der Waals surface area contributed by atoms with Crippen LogP contribution in [-0.4, -0.2) is 42.8 Å². The molecule has 3 heteroatoms. The maximum atomic E-state index is 5.87. The Morgan fingerprint density at radius 1 is 1.24 bits per heavy atom. The Kier molecular flexibility index (Phi) is 5.80.